The number of fused-ring (bicyclic) bond motifs is 1. The fraction of sp³-hybridized carbons (Fsp3) is 0.720. The summed E-state index contributed by atoms with van der Waals surface area (Å²) < 4.78 is 12.0. The Balaban J connectivity index is 2.07. The zero-order chi connectivity index (χ0) is 24.4. The highest BCUT2D eigenvalue weighted by Gasteiger charge is 2.79. The van der Waals surface area contributed by atoms with Gasteiger partial charge in [-0.1, -0.05) is 39.0 Å². The molecule has 0 radical (unpaired) electrons. The molecule has 3 saturated heterocycles. The number of carbonyl (C=O) groups excluding carboxylic acids is 3. The molecule has 0 aromatic rings. The van der Waals surface area contributed by atoms with Crippen LogP contribution in [0.4, 0.5) is 0 Å². The molecule has 1 spiro atoms. The van der Waals surface area contributed by atoms with Gasteiger partial charge >= 0.3 is 5.97 Å². The summed E-state index contributed by atoms with van der Waals surface area (Å²) >= 11 is 0. The molecule has 3 rings (SSSR count). The third-order valence-electron chi connectivity index (χ3n) is 7.70. The lowest BCUT2D eigenvalue weighted by Gasteiger charge is -2.38. The first kappa shape index (κ1) is 25.4. The van der Waals surface area contributed by atoms with Gasteiger partial charge in [0.25, 0.3) is 0 Å². The van der Waals surface area contributed by atoms with Gasteiger partial charge in [0.05, 0.1) is 18.1 Å². The number of amides is 2. The molecule has 6 atom stereocenters. The zero-order valence-electron chi connectivity index (χ0n) is 20.1. The van der Waals surface area contributed by atoms with Crippen molar-refractivity contribution in [3.63, 3.8) is 0 Å². The van der Waals surface area contributed by atoms with Crippen LogP contribution < -0.4 is 0 Å². The average molecular weight is 463 g/mol. The lowest BCUT2D eigenvalue weighted by atomic mass is 9.65. The molecular formula is C25H38N2O6. The van der Waals surface area contributed by atoms with Crippen molar-refractivity contribution in [3.05, 3.63) is 25.3 Å². The van der Waals surface area contributed by atoms with Crippen LogP contribution >= 0.6 is 0 Å². The van der Waals surface area contributed by atoms with Crippen molar-refractivity contribution in [2.75, 3.05) is 26.3 Å². The summed E-state index contributed by atoms with van der Waals surface area (Å²) in [6.45, 7) is 13.5. The first-order valence-corrected chi connectivity index (χ1v) is 12.1. The fourth-order valence-corrected chi connectivity index (χ4v) is 6.29. The summed E-state index contributed by atoms with van der Waals surface area (Å²) in [5.74, 6) is -2.62. The van der Waals surface area contributed by atoms with Crippen molar-refractivity contribution >= 4 is 17.8 Å². The molecule has 3 fully saturated rings. The maximum Gasteiger partial charge on any atom is 0.313 e. The normalized spacial score (nSPS) is 33.0. The highest BCUT2D eigenvalue weighted by Crippen LogP contribution is 2.64. The smallest absolute Gasteiger partial charge is 0.313 e. The number of aliphatic hydroxyl groups excluding tert-OH is 1. The fourth-order valence-electron chi connectivity index (χ4n) is 6.29. The monoisotopic (exact) mass is 462 g/mol. The molecule has 2 bridgehead atoms. The molecule has 33 heavy (non-hydrogen) atoms. The van der Waals surface area contributed by atoms with Gasteiger partial charge in [-0.25, -0.2) is 0 Å². The first-order chi connectivity index (χ1) is 15.8. The molecule has 0 aliphatic carbocycles. The Labute approximate surface area is 196 Å². The number of esters is 1. The molecule has 0 saturated carbocycles. The SMILES string of the molecule is C=CCOC(=O)[C@H]1[C@H]2C(=O)N(CCO)C(C(=O)N(CC=C)C(C)CCC)C23CC[C@]1(CC)O3. The molecule has 2 amide bonds. The maximum atomic E-state index is 14.0. The zero-order valence-corrected chi connectivity index (χ0v) is 20.1. The predicted molar refractivity (Wildman–Crippen MR) is 123 cm³/mol. The number of hydrogen-bond donors (Lipinski definition) is 1. The van der Waals surface area contributed by atoms with Crippen molar-refractivity contribution < 1.29 is 29.0 Å². The van der Waals surface area contributed by atoms with Gasteiger partial charge in [-0.15, -0.1) is 6.58 Å². The largest absolute Gasteiger partial charge is 0.461 e. The number of carbonyl (C=O) groups is 3. The van der Waals surface area contributed by atoms with Gasteiger partial charge in [0.15, 0.2) is 0 Å². The molecule has 184 valence electrons. The second-order valence-corrected chi connectivity index (χ2v) is 9.42. The highest BCUT2D eigenvalue weighted by molar-refractivity contribution is 5.98. The van der Waals surface area contributed by atoms with Crippen LogP contribution in [0, 0.1) is 11.8 Å². The molecule has 8 heteroatoms. The Morgan fingerprint density at radius 2 is 2.06 bits per heavy atom. The average Bonchev–Trinajstić information content (AvgIpc) is 3.40. The Morgan fingerprint density at radius 1 is 1.33 bits per heavy atom. The van der Waals surface area contributed by atoms with E-state index >= 15 is 0 Å². The lowest BCUT2D eigenvalue weighted by Crippen LogP contribution is -2.58. The van der Waals surface area contributed by atoms with Crippen molar-refractivity contribution in [3.8, 4) is 0 Å². The molecule has 8 nitrogen and oxygen atoms in total. The topological polar surface area (TPSA) is 96.4 Å². The molecule has 1 N–H and O–H groups in total. The Bertz CT molecular complexity index is 800. The number of ether oxygens (including phenoxy) is 2. The Hall–Kier alpha value is -2.19. The minimum atomic E-state index is -1.11. The minimum Gasteiger partial charge on any atom is -0.461 e. The van der Waals surface area contributed by atoms with Crippen LogP contribution in [0.3, 0.4) is 0 Å². The Kier molecular flexibility index (Phi) is 7.69. The molecule has 0 aromatic carbocycles. The number of likely N-dealkylation sites (tertiary alicyclic amines) is 1. The van der Waals surface area contributed by atoms with E-state index in [0.717, 1.165) is 12.8 Å². The molecule has 3 aliphatic rings. The summed E-state index contributed by atoms with van der Waals surface area (Å²) in [5, 5.41) is 9.72. The summed E-state index contributed by atoms with van der Waals surface area (Å²) in [6.07, 6.45) is 6.51. The van der Waals surface area contributed by atoms with E-state index < -0.39 is 35.0 Å². The third kappa shape index (κ3) is 3.91. The van der Waals surface area contributed by atoms with Crippen LogP contribution in [-0.4, -0.2) is 82.3 Å². The van der Waals surface area contributed by atoms with Crippen molar-refractivity contribution in [1.29, 1.82) is 0 Å². The summed E-state index contributed by atoms with van der Waals surface area (Å²) in [6, 6.07) is -0.943. The second kappa shape index (κ2) is 9.97. The molecule has 3 heterocycles. The van der Waals surface area contributed by atoms with E-state index in [9.17, 15) is 19.5 Å². The summed E-state index contributed by atoms with van der Waals surface area (Å²) in [7, 11) is 0. The van der Waals surface area contributed by atoms with Gasteiger partial charge in [-0.3, -0.25) is 14.4 Å². The quantitative estimate of drug-likeness (QED) is 0.352. The first-order valence-electron chi connectivity index (χ1n) is 12.1. The van der Waals surface area contributed by atoms with E-state index in [1.54, 1.807) is 11.0 Å². The standard InChI is InChI=1S/C25H38N2O6/c1-6-10-17(5)26(13-7-2)22(30)20-25-12-11-24(9-4,33-25)19(23(31)32-16-8-3)18(25)21(29)27(20)14-15-28/h7-8,17-20,28H,2-3,6,9-16H2,1,4-5H3/t17?,18-,19+,20?,24-,25?/m0/s1. The second-order valence-electron chi connectivity index (χ2n) is 9.42. The van der Waals surface area contributed by atoms with Gasteiger partial charge < -0.3 is 24.4 Å². The van der Waals surface area contributed by atoms with Crippen molar-refractivity contribution in [1.82, 2.24) is 9.80 Å². The molecule has 3 aliphatic heterocycles. The van der Waals surface area contributed by atoms with Crippen LogP contribution in [0.25, 0.3) is 0 Å². The van der Waals surface area contributed by atoms with Crippen LogP contribution in [0.1, 0.15) is 52.9 Å². The van der Waals surface area contributed by atoms with Gasteiger partial charge in [0.2, 0.25) is 11.8 Å². The van der Waals surface area contributed by atoms with Gasteiger partial charge in [0.1, 0.15) is 24.2 Å². The van der Waals surface area contributed by atoms with Crippen LogP contribution in [0.5, 0.6) is 0 Å². The number of rotatable bonds is 12. The van der Waals surface area contributed by atoms with Crippen LogP contribution in [0.2, 0.25) is 0 Å². The van der Waals surface area contributed by atoms with E-state index in [1.807, 2.05) is 13.8 Å². The number of aliphatic hydroxyl groups is 1. The Morgan fingerprint density at radius 3 is 2.64 bits per heavy atom. The number of nitrogens with zero attached hydrogens (tertiary/aromatic N) is 2. The minimum absolute atomic E-state index is 0.00842. The predicted octanol–water partition coefficient (Wildman–Crippen LogP) is 2.07. The van der Waals surface area contributed by atoms with Crippen LogP contribution in [-0.2, 0) is 23.9 Å². The van der Waals surface area contributed by atoms with Crippen molar-refractivity contribution in [2.45, 2.75) is 76.2 Å². The van der Waals surface area contributed by atoms with Gasteiger partial charge in [0, 0.05) is 19.1 Å². The molecular weight excluding hydrogens is 424 g/mol. The molecule has 3 unspecified atom stereocenters. The van der Waals surface area contributed by atoms with E-state index in [1.165, 1.54) is 11.0 Å². The maximum absolute atomic E-state index is 14.0. The van der Waals surface area contributed by atoms with E-state index in [-0.39, 0.29) is 37.6 Å². The van der Waals surface area contributed by atoms with E-state index in [4.69, 9.17) is 9.47 Å². The van der Waals surface area contributed by atoms with Crippen LogP contribution in [0.15, 0.2) is 25.3 Å². The van der Waals surface area contributed by atoms with Gasteiger partial charge in [-0.2, -0.15) is 0 Å². The summed E-state index contributed by atoms with van der Waals surface area (Å²) in [4.78, 5) is 44.1. The van der Waals surface area contributed by atoms with Crippen molar-refractivity contribution in [2.24, 2.45) is 11.8 Å². The number of hydrogen-bond acceptors (Lipinski definition) is 6. The van der Waals surface area contributed by atoms with E-state index in [0.29, 0.717) is 25.8 Å². The van der Waals surface area contributed by atoms with E-state index in [2.05, 4.69) is 20.1 Å². The number of β-amino-alcohol motifs (C(OH)–C–C–N with tert-alkyl or cyclic N) is 1. The third-order valence-corrected chi connectivity index (χ3v) is 7.70. The lowest BCUT2D eigenvalue weighted by molar-refractivity contribution is -0.161. The van der Waals surface area contributed by atoms with Gasteiger partial charge in [-0.05, 0) is 32.6 Å². The highest BCUT2D eigenvalue weighted by atomic mass is 16.6. The molecule has 0 aromatic heterocycles. The summed E-state index contributed by atoms with van der Waals surface area (Å²) in [5.41, 5.74) is -1.94.